The van der Waals surface area contributed by atoms with E-state index in [0.29, 0.717) is 40.0 Å². The molecule has 0 radical (unpaired) electrons. The lowest BCUT2D eigenvalue weighted by molar-refractivity contribution is -0.126. The van der Waals surface area contributed by atoms with Crippen LogP contribution in [0.3, 0.4) is 0 Å². The van der Waals surface area contributed by atoms with Crippen molar-refractivity contribution < 1.29 is 28.5 Å². The van der Waals surface area contributed by atoms with E-state index in [9.17, 15) is 4.79 Å². The predicted molar refractivity (Wildman–Crippen MR) is 131 cm³/mol. The van der Waals surface area contributed by atoms with E-state index in [2.05, 4.69) is 15.3 Å². The van der Waals surface area contributed by atoms with Gasteiger partial charge in [-0.15, -0.1) is 0 Å². The maximum atomic E-state index is 13.5. The van der Waals surface area contributed by atoms with Crippen LogP contribution >= 0.6 is 0 Å². The van der Waals surface area contributed by atoms with Gasteiger partial charge in [0.15, 0.2) is 29.6 Å². The molecule has 0 bridgehead atoms. The third kappa shape index (κ3) is 4.57. The molecule has 35 heavy (non-hydrogen) atoms. The second kappa shape index (κ2) is 10.4. The monoisotopic (exact) mass is 485 g/mol. The summed E-state index contributed by atoms with van der Waals surface area (Å²) in [4.78, 5) is 18.0. The number of piperazine rings is 1. The van der Waals surface area contributed by atoms with Gasteiger partial charge in [-0.3, -0.25) is 15.5 Å². The standard InChI is InChI=1S/C24H31N5O6/c1-31-18-6-5-7-19(32-2)23(18)35-14-22(30)24(25)16-12-20(33-3)21(34-4)13-17(16)29(15-27-24)28-10-8-26-9-11-28/h5-7,12-13,15,26H,8-11,14,25H2,1-4H3. The molecule has 11 nitrogen and oxygen atoms in total. The van der Waals surface area contributed by atoms with Crippen LogP contribution in [0.25, 0.3) is 0 Å². The number of nitrogens with one attached hydrogen (secondary N) is 1. The van der Waals surface area contributed by atoms with E-state index in [-0.39, 0.29) is 6.61 Å². The lowest BCUT2D eigenvalue weighted by Gasteiger charge is -2.42. The van der Waals surface area contributed by atoms with Crippen LogP contribution in [0.15, 0.2) is 35.3 Å². The Balaban J connectivity index is 1.69. The summed E-state index contributed by atoms with van der Waals surface area (Å²) in [6, 6.07) is 8.71. The first-order valence-electron chi connectivity index (χ1n) is 11.2. The number of hydrogen-bond donors (Lipinski definition) is 2. The molecule has 2 aliphatic rings. The Hall–Kier alpha value is -3.54. The van der Waals surface area contributed by atoms with E-state index in [1.54, 1.807) is 43.8 Å². The quantitative estimate of drug-likeness (QED) is 0.535. The summed E-state index contributed by atoms with van der Waals surface area (Å²) in [6.45, 7) is 2.83. The summed E-state index contributed by atoms with van der Waals surface area (Å²) in [5, 5.41) is 7.36. The van der Waals surface area contributed by atoms with Gasteiger partial charge in [-0.05, 0) is 18.2 Å². The minimum absolute atomic E-state index is 0.309. The number of ether oxygens (including phenoxy) is 5. The molecular weight excluding hydrogens is 454 g/mol. The highest BCUT2D eigenvalue weighted by Gasteiger charge is 2.43. The number of ketones is 1. The van der Waals surface area contributed by atoms with Gasteiger partial charge in [-0.2, -0.15) is 0 Å². The van der Waals surface area contributed by atoms with Gasteiger partial charge >= 0.3 is 0 Å². The van der Waals surface area contributed by atoms with Crippen molar-refractivity contribution in [1.82, 2.24) is 10.3 Å². The van der Waals surface area contributed by atoms with Crippen molar-refractivity contribution >= 4 is 17.8 Å². The topological polar surface area (TPSA) is 120 Å². The van der Waals surface area contributed by atoms with E-state index in [4.69, 9.17) is 29.4 Å². The molecule has 1 saturated heterocycles. The normalized spacial score (nSPS) is 19.6. The highest BCUT2D eigenvalue weighted by molar-refractivity contribution is 5.98. The number of benzene rings is 2. The summed E-state index contributed by atoms with van der Waals surface area (Å²) < 4.78 is 27.6. The van der Waals surface area contributed by atoms with Crippen molar-refractivity contribution in [2.45, 2.75) is 5.66 Å². The molecule has 2 aliphatic heterocycles. The number of carbonyl (C=O) groups excluding carboxylic acids is 1. The highest BCUT2D eigenvalue weighted by atomic mass is 16.5. The average Bonchev–Trinajstić information content (AvgIpc) is 2.91. The van der Waals surface area contributed by atoms with Gasteiger partial charge in [0.1, 0.15) is 6.34 Å². The maximum absolute atomic E-state index is 13.5. The number of nitrogens with two attached hydrogens (primary N) is 1. The van der Waals surface area contributed by atoms with Gasteiger partial charge in [-0.1, -0.05) is 6.07 Å². The lowest BCUT2D eigenvalue weighted by atomic mass is 9.92. The molecule has 0 aromatic heterocycles. The van der Waals surface area contributed by atoms with Crippen LogP contribution < -0.4 is 39.7 Å². The van der Waals surface area contributed by atoms with Crippen molar-refractivity contribution in [1.29, 1.82) is 0 Å². The summed E-state index contributed by atoms with van der Waals surface area (Å²) in [5.74, 6) is 1.70. The first kappa shape index (κ1) is 24.6. The molecule has 2 heterocycles. The Morgan fingerprint density at radius 3 is 2.20 bits per heavy atom. The van der Waals surface area contributed by atoms with Crippen LogP contribution in [0.2, 0.25) is 0 Å². The Kier molecular flexibility index (Phi) is 7.29. The smallest absolute Gasteiger partial charge is 0.216 e. The molecule has 4 rings (SSSR count). The van der Waals surface area contributed by atoms with Crippen LogP contribution in [-0.2, 0) is 10.5 Å². The van der Waals surface area contributed by atoms with E-state index in [1.165, 1.54) is 21.3 Å². The van der Waals surface area contributed by atoms with E-state index < -0.39 is 11.4 Å². The maximum Gasteiger partial charge on any atom is 0.216 e. The Morgan fingerprint density at radius 2 is 1.60 bits per heavy atom. The predicted octanol–water partition coefficient (Wildman–Crippen LogP) is 1.15. The van der Waals surface area contributed by atoms with Crippen LogP contribution in [0.1, 0.15) is 5.56 Å². The van der Waals surface area contributed by atoms with Gasteiger partial charge in [0.2, 0.25) is 17.2 Å². The second-order valence-corrected chi connectivity index (χ2v) is 7.99. The first-order chi connectivity index (χ1) is 17.0. The van der Waals surface area contributed by atoms with Crippen LogP contribution in [0.5, 0.6) is 28.7 Å². The molecule has 0 aliphatic carbocycles. The fourth-order valence-corrected chi connectivity index (χ4v) is 4.16. The number of fused-ring (bicyclic) bond motifs is 1. The number of anilines is 1. The molecule has 0 amide bonds. The molecule has 3 N–H and O–H groups in total. The molecule has 1 fully saturated rings. The Morgan fingerprint density at radius 1 is 1.00 bits per heavy atom. The molecule has 2 aromatic rings. The van der Waals surface area contributed by atoms with Crippen LogP contribution in [-0.4, -0.2) is 78.4 Å². The van der Waals surface area contributed by atoms with Gasteiger partial charge in [-0.25, -0.2) is 10.0 Å². The number of methoxy groups -OCH3 is 4. The molecule has 0 saturated carbocycles. The summed E-state index contributed by atoms with van der Waals surface area (Å²) in [6.07, 6.45) is 1.58. The second-order valence-electron chi connectivity index (χ2n) is 7.99. The SMILES string of the molecule is COc1cc2c(cc1OC)C(N)(C(=O)COc1c(OC)cccc1OC)N=CN2N1CCNCC1. The zero-order valence-corrected chi connectivity index (χ0v) is 20.4. The minimum atomic E-state index is -1.70. The third-order valence-corrected chi connectivity index (χ3v) is 6.08. The fourth-order valence-electron chi connectivity index (χ4n) is 4.16. The van der Waals surface area contributed by atoms with Gasteiger partial charge in [0, 0.05) is 37.8 Å². The number of hydrazine groups is 1. The van der Waals surface area contributed by atoms with Crippen molar-refractivity contribution in [3.63, 3.8) is 0 Å². The number of aliphatic imine (C=N–C) groups is 1. The zero-order chi connectivity index (χ0) is 25.0. The zero-order valence-electron chi connectivity index (χ0n) is 20.4. The summed E-state index contributed by atoms with van der Waals surface area (Å²) in [7, 11) is 6.12. The summed E-state index contributed by atoms with van der Waals surface area (Å²) in [5.41, 5.74) is 6.15. The third-order valence-electron chi connectivity index (χ3n) is 6.08. The Labute approximate surface area is 204 Å². The van der Waals surface area contributed by atoms with Crippen molar-refractivity contribution in [3.8, 4) is 28.7 Å². The number of carbonyl (C=O) groups is 1. The van der Waals surface area contributed by atoms with E-state index in [1.807, 2.05) is 5.01 Å². The van der Waals surface area contributed by atoms with Crippen molar-refractivity contribution in [2.24, 2.45) is 10.7 Å². The number of Topliss-reactive ketones (excluding diaryl/α,β-unsaturated/α-hetero) is 1. The lowest BCUT2D eigenvalue weighted by Crippen LogP contribution is -2.56. The van der Waals surface area contributed by atoms with E-state index in [0.717, 1.165) is 26.2 Å². The molecule has 2 aromatic carbocycles. The van der Waals surface area contributed by atoms with Crippen LogP contribution in [0, 0.1) is 0 Å². The molecular formula is C24H31N5O6. The number of nitrogens with zero attached hydrogens (tertiary/aromatic N) is 3. The van der Waals surface area contributed by atoms with Crippen LogP contribution in [0.4, 0.5) is 5.69 Å². The van der Waals surface area contributed by atoms with Crippen molar-refractivity contribution in [3.05, 3.63) is 35.9 Å². The van der Waals surface area contributed by atoms with Gasteiger partial charge in [0.25, 0.3) is 0 Å². The first-order valence-corrected chi connectivity index (χ1v) is 11.2. The molecule has 0 spiro atoms. The number of para-hydroxylation sites is 1. The van der Waals surface area contributed by atoms with Gasteiger partial charge < -0.3 is 29.0 Å². The molecule has 1 unspecified atom stereocenters. The molecule has 188 valence electrons. The number of hydrogen-bond acceptors (Lipinski definition) is 11. The molecule has 11 heteroatoms. The summed E-state index contributed by atoms with van der Waals surface area (Å²) >= 11 is 0. The largest absolute Gasteiger partial charge is 0.493 e. The van der Waals surface area contributed by atoms with E-state index >= 15 is 0 Å². The number of rotatable bonds is 9. The Bertz CT molecular complexity index is 1080. The molecule has 1 atom stereocenters. The van der Waals surface area contributed by atoms with Gasteiger partial charge in [0.05, 0.1) is 34.1 Å². The van der Waals surface area contributed by atoms with Crippen molar-refractivity contribution in [2.75, 3.05) is 66.2 Å². The highest BCUT2D eigenvalue weighted by Crippen LogP contribution is 2.43. The minimum Gasteiger partial charge on any atom is -0.493 e. The average molecular weight is 486 g/mol. The fraction of sp³-hybridized carbons (Fsp3) is 0.417.